The molecule has 0 saturated carbocycles. The molecule has 10 aromatic rings. The molecule has 3 nitrogen and oxygen atoms in total. The van der Waals surface area contributed by atoms with Crippen LogP contribution in [0, 0.1) is 0 Å². The van der Waals surface area contributed by atoms with E-state index in [0.717, 1.165) is 9.13 Å². The molecule has 0 saturated heterocycles. The number of para-hydroxylation sites is 5. The molecule has 4 heterocycles. The lowest BCUT2D eigenvalue weighted by atomic mass is 9.57. The van der Waals surface area contributed by atoms with E-state index in [1.54, 1.807) is 0 Å². The summed E-state index contributed by atoms with van der Waals surface area (Å²) in [6.07, 6.45) is 0. The molecular formula is C48H29BN2OS. The van der Waals surface area contributed by atoms with E-state index in [4.69, 9.17) is 29.4 Å². The van der Waals surface area contributed by atoms with Gasteiger partial charge in [-0.2, -0.15) is 11.6 Å². The summed E-state index contributed by atoms with van der Waals surface area (Å²) in [4.78, 5) is -0.292. The van der Waals surface area contributed by atoms with E-state index < -0.39 is 270 Å². The minimum Gasteiger partial charge on any atom is -0.458 e. The Balaban J connectivity index is 1.28. The molecule has 2 aliphatic heterocycles. The SMILES string of the molecule is [2H]c1c([2H])c([2H])c2c(c1[2H])SB1c3c([2H])c([2H])c(-n4c5c([2H])c([2H])c([2H])c([2H])c5c5c([2H])c([2H])c([2H])c([2H])c54)c([2H])c3Oc3c([2H])c(-c4c([2H])c([2H])c([2H])c([2H])c4-n4c5c([2H])c([2H])c([2H])c([2H])c5c5c([2H])c([2H])c([2H])c([2H])c54)c([2H])c-2c31. The highest BCUT2D eigenvalue weighted by Crippen LogP contribution is 2.46. The smallest absolute Gasteiger partial charge is 0.289 e. The van der Waals surface area contributed by atoms with Crippen molar-refractivity contribution in [1.29, 1.82) is 0 Å². The maximum atomic E-state index is 10.2. The third kappa shape index (κ3) is 4.14. The molecule has 0 fully saturated rings. The fraction of sp³-hybridized carbons (Fsp3) is 0. The van der Waals surface area contributed by atoms with Crippen LogP contribution < -0.4 is 15.7 Å². The number of nitrogens with zero attached hydrogens (tertiary/aromatic N) is 2. The number of hydrogen-bond donors (Lipinski definition) is 0. The van der Waals surface area contributed by atoms with Crippen LogP contribution in [0.5, 0.6) is 11.5 Å². The van der Waals surface area contributed by atoms with Crippen molar-refractivity contribution >= 4 is 72.1 Å². The summed E-state index contributed by atoms with van der Waals surface area (Å²) in [5.41, 5.74) is -7.10. The predicted molar refractivity (Wildman–Crippen MR) is 223 cm³/mol. The van der Waals surface area contributed by atoms with Crippen LogP contribution in [0.3, 0.4) is 0 Å². The maximum absolute atomic E-state index is 10.2. The molecule has 53 heavy (non-hydrogen) atoms. The summed E-state index contributed by atoms with van der Waals surface area (Å²) in [6, 6.07) is -25.0. The summed E-state index contributed by atoms with van der Waals surface area (Å²) in [6.45, 7) is 0. The normalized spacial score (nSPS) is 20.6. The molecule has 0 atom stereocenters. The van der Waals surface area contributed by atoms with Gasteiger partial charge in [0.1, 0.15) is 11.5 Å². The Morgan fingerprint density at radius 2 is 1.02 bits per heavy atom. The average molecular weight is 722 g/mol. The number of ether oxygens (including phenoxy) is 1. The van der Waals surface area contributed by atoms with Gasteiger partial charge in [-0.05, 0) is 82.0 Å². The second kappa shape index (κ2) is 11.0. The van der Waals surface area contributed by atoms with E-state index in [1.807, 2.05) is 0 Å². The lowest BCUT2D eigenvalue weighted by molar-refractivity contribution is 0.488. The van der Waals surface area contributed by atoms with Gasteiger partial charge in [-0.3, -0.25) is 0 Å². The van der Waals surface area contributed by atoms with Crippen molar-refractivity contribution in [2.45, 2.75) is 4.90 Å². The quantitative estimate of drug-likeness (QED) is 0.169. The molecule has 12 rings (SSSR count). The summed E-state index contributed by atoms with van der Waals surface area (Å²) < 4.78 is 272. The van der Waals surface area contributed by atoms with E-state index in [1.165, 1.54) is 0 Å². The van der Waals surface area contributed by atoms with Gasteiger partial charge in [0.25, 0.3) is 5.99 Å². The van der Waals surface area contributed by atoms with Crippen LogP contribution in [0.2, 0.25) is 0 Å². The van der Waals surface area contributed by atoms with Crippen LogP contribution in [0.15, 0.2) is 180 Å². The van der Waals surface area contributed by atoms with E-state index in [2.05, 4.69) is 0 Å². The Labute approximate surface area is 351 Å². The lowest BCUT2D eigenvalue weighted by Crippen LogP contribution is -2.46. The van der Waals surface area contributed by atoms with Crippen LogP contribution in [-0.2, 0) is 0 Å². The van der Waals surface area contributed by atoms with Crippen molar-refractivity contribution < 1.29 is 44.5 Å². The molecule has 0 N–H and O–H groups in total. The van der Waals surface area contributed by atoms with Gasteiger partial charge < -0.3 is 13.9 Å². The van der Waals surface area contributed by atoms with Crippen molar-refractivity contribution in [2.75, 3.05) is 0 Å². The third-order valence-corrected chi connectivity index (χ3v) is 10.3. The minimum absolute atomic E-state index is 0.267. The van der Waals surface area contributed by atoms with E-state index in [-0.39, 0.29) is 15.8 Å². The fourth-order valence-corrected chi connectivity index (χ4v) is 8.17. The zero-order valence-corrected chi connectivity index (χ0v) is 27.1. The number of hydrogen-bond acceptors (Lipinski definition) is 2. The molecule has 0 spiro atoms. The number of benzene rings is 8. The summed E-state index contributed by atoms with van der Waals surface area (Å²) in [5, 5.41) is -1.91. The first kappa shape index (κ1) is 12.9. The molecule has 2 aromatic heterocycles. The van der Waals surface area contributed by atoms with Crippen molar-refractivity contribution in [1.82, 2.24) is 9.13 Å². The molecule has 0 radical (unpaired) electrons. The third-order valence-electron chi connectivity index (χ3n) is 9.09. The van der Waals surface area contributed by atoms with Crippen molar-refractivity contribution in [3.8, 4) is 45.1 Å². The molecule has 0 amide bonds. The highest BCUT2D eigenvalue weighted by molar-refractivity contribution is 8.28. The standard InChI is InChI=1S/C48H29BN2OS/c1-7-19-40(51-43-22-10-4-16-35(43)36-17-5-11-23-44(36)51)32(13-1)30-27-38-37-18-6-12-24-47(37)53-49-39-26-25-31(29-45(39)52-46(28-30)48(38)49)50-41-20-8-2-14-33(41)34-15-3-9-21-42(34)50/h1-29H/i1D,2D,3D,4D,5D,6D,7D,8D,9D,10D,11D,12D,13D,14D,15D,16D,17D,18D,19D,20D,21D,22D,23D,24D,25D,26D,27D,28D,29D. The first-order valence-electron chi connectivity index (χ1n) is 30.3. The Hall–Kier alpha value is -6.43. The predicted octanol–water partition coefficient (Wildman–Crippen LogP) is 11.5. The largest absolute Gasteiger partial charge is 0.458 e. The van der Waals surface area contributed by atoms with Gasteiger partial charge in [-0.25, -0.2) is 0 Å². The van der Waals surface area contributed by atoms with Gasteiger partial charge in [-0.1, -0.05) is 115 Å². The van der Waals surface area contributed by atoms with Gasteiger partial charge in [0.15, 0.2) is 0 Å². The number of fused-ring (bicyclic) bond motifs is 10. The zero-order chi connectivity index (χ0) is 59.9. The second-order valence-electron chi connectivity index (χ2n) is 11.8. The monoisotopic (exact) mass is 721 g/mol. The lowest BCUT2D eigenvalue weighted by Gasteiger charge is -2.33. The van der Waals surface area contributed by atoms with Crippen molar-refractivity contribution in [2.24, 2.45) is 0 Å². The Morgan fingerprint density at radius 3 is 1.68 bits per heavy atom. The molecule has 0 bridgehead atoms. The number of rotatable bonds is 3. The maximum Gasteiger partial charge on any atom is 0.289 e. The Kier molecular flexibility index (Phi) is 2.69. The van der Waals surface area contributed by atoms with E-state index in [9.17, 15) is 15.1 Å². The highest BCUT2D eigenvalue weighted by Gasteiger charge is 2.39. The van der Waals surface area contributed by atoms with Crippen molar-refractivity contribution in [3.05, 3.63) is 175 Å². The Morgan fingerprint density at radius 1 is 0.472 bits per heavy atom. The molecule has 5 heteroatoms. The van der Waals surface area contributed by atoms with E-state index >= 15 is 0 Å². The molecule has 0 aliphatic carbocycles. The average Bonchev–Trinajstić information content (AvgIpc) is 1.36. The van der Waals surface area contributed by atoms with Crippen LogP contribution in [0.1, 0.15) is 39.8 Å². The van der Waals surface area contributed by atoms with Crippen molar-refractivity contribution in [3.63, 3.8) is 0 Å². The topological polar surface area (TPSA) is 19.1 Å². The van der Waals surface area contributed by atoms with Gasteiger partial charge in [0, 0.05) is 43.7 Å². The molecular weight excluding hydrogens is 663 g/mol. The molecule has 0 unspecified atom stereocenters. The summed E-state index contributed by atoms with van der Waals surface area (Å²) in [5.74, 6) is -2.94. The Bertz CT molecular complexity index is 4670. The minimum atomic E-state index is -1.56. The first-order chi connectivity index (χ1) is 38.4. The van der Waals surface area contributed by atoms with Gasteiger partial charge in [0.2, 0.25) is 0 Å². The second-order valence-corrected chi connectivity index (χ2v) is 12.9. The summed E-state index contributed by atoms with van der Waals surface area (Å²) in [7, 11) is 0. The van der Waals surface area contributed by atoms with Gasteiger partial charge in [-0.15, -0.1) is 0 Å². The van der Waals surface area contributed by atoms with E-state index in [0.29, 0.717) is 11.6 Å². The molecule has 8 aromatic carbocycles. The molecule has 246 valence electrons. The molecule has 2 aliphatic rings. The van der Waals surface area contributed by atoms with Crippen LogP contribution in [0.4, 0.5) is 0 Å². The summed E-state index contributed by atoms with van der Waals surface area (Å²) >= 11 is 0.650. The highest BCUT2D eigenvalue weighted by atomic mass is 32.2. The zero-order valence-electron chi connectivity index (χ0n) is 55.3. The number of aromatic nitrogens is 2. The fourth-order valence-electron chi connectivity index (χ4n) is 6.93. The van der Waals surface area contributed by atoms with Crippen LogP contribution in [-0.4, -0.2) is 15.1 Å². The van der Waals surface area contributed by atoms with Crippen LogP contribution in [0.25, 0.3) is 77.2 Å². The van der Waals surface area contributed by atoms with Gasteiger partial charge in [0.05, 0.1) is 67.5 Å². The van der Waals surface area contributed by atoms with Gasteiger partial charge >= 0.3 is 0 Å². The first-order valence-corrected chi connectivity index (χ1v) is 16.6. The van der Waals surface area contributed by atoms with Crippen LogP contribution >= 0.6 is 11.6 Å².